The van der Waals surface area contributed by atoms with Gasteiger partial charge in [-0.15, -0.1) is 0 Å². The van der Waals surface area contributed by atoms with E-state index in [4.69, 9.17) is 0 Å². The molecule has 0 amide bonds. The molecule has 5 nitrogen and oxygen atoms in total. The van der Waals surface area contributed by atoms with Crippen molar-refractivity contribution in [1.82, 2.24) is 9.97 Å². The van der Waals surface area contributed by atoms with Crippen LogP contribution in [0.25, 0.3) is 10.9 Å². The fourth-order valence-corrected chi connectivity index (χ4v) is 4.57. The van der Waals surface area contributed by atoms with Crippen molar-refractivity contribution in [2.24, 2.45) is 5.92 Å². The molecular weight excluding hydrogens is 310 g/mol. The number of nitrogens with zero attached hydrogens (tertiary/aromatic N) is 2. The highest BCUT2D eigenvalue weighted by Gasteiger charge is 2.24. The minimum atomic E-state index is -2.87. The van der Waals surface area contributed by atoms with Gasteiger partial charge in [-0.25, -0.2) is 18.4 Å². The minimum absolute atomic E-state index is 0.299. The van der Waals surface area contributed by atoms with E-state index in [1.165, 1.54) is 11.8 Å². The van der Waals surface area contributed by atoms with Crippen LogP contribution in [0, 0.1) is 12.8 Å². The standard InChI is InChI=1S/C17H23N3O2S/c1-12-3-8-16-15(9-12)17(19-11-18-16)20-14-6-4-13(5-7-14)10-23(2,21)22/h3,8-9,11,13-14H,4-7,10H2,1-2H3,(H,18,19,20). The smallest absolute Gasteiger partial charge is 0.147 e. The van der Waals surface area contributed by atoms with Crippen molar-refractivity contribution in [2.75, 3.05) is 17.3 Å². The fraction of sp³-hybridized carbons (Fsp3) is 0.529. The van der Waals surface area contributed by atoms with Crippen LogP contribution in [-0.2, 0) is 9.84 Å². The van der Waals surface area contributed by atoms with Crippen LogP contribution in [0.3, 0.4) is 0 Å². The van der Waals surface area contributed by atoms with Crippen molar-refractivity contribution in [2.45, 2.75) is 38.6 Å². The molecule has 1 heterocycles. The summed E-state index contributed by atoms with van der Waals surface area (Å²) >= 11 is 0. The number of aryl methyl sites for hydroxylation is 1. The van der Waals surface area contributed by atoms with Crippen molar-refractivity contribution in [1.29, 1.82) is 0 Å². The molecule has 0 radical (unpaired) electrons. The second-order valence-electron chi connectivity index (χ2n) is 6.70. The van der Waals surface area contributed by atoms with Crippen LogP contribution in [0.2, 0.25) is 0 Å². The first kappa shape index (κ1) is 16.2. The lowest BCUT2D eigenvalue weighted by atomic mass is 9.87. The van der Waals surface area contributed by atoms with Crippen LogP contribution in [0.15, 0.2) is 24.5 Å². The number of fused-ring (bicyclic) bond motifs is 1. The van der Waals surface area contributed by atoms with Crippen molar-refractivity contribution < 1.29 is 8.42 Å². The van der Waals surface area contributed by atoms with Gasteiger partial charge in [0.15, 0.2) is 0 Å². The molecule has 0 unspecified atom stereocenters. The molecule has 6 heteroatoms. The number of sulfone groups is 1. The van der Waals surface area contributed by atoms with Crippen molar-refractivity contribution >= 4 is 26.6 Å². The number of rotatable bonds is 4. The molecule has 1 N–H and O–H groups in total. The summed E-state index contributed by atoms with van der Waals surface area (Å²) in [5.41, 5.74) is 2.13. The Labute approximate surface area is 137 Å². The summed E-state index contributed by atoms with van der Waals surface area (Å²) < 4.78 is 22.8. The number of hydrogen-bond donors (Lipinski definition) is 1. The van der Waals surface area contributed by atoms with E-state index in [2.05, 4.69) is 34.3 Å². The number of aromatic nitrogens is 2. The van der Waals surface area contributed by atoms with Crippen molar-refractivity contribution in [3.63, 3.8) is 0 Å². The molecule has 1 aromatic carbocycles. The zero-order valence-corrected chi connectivity index (χ0v) is 14.4. The highest BCUT2D eigenvalue weighted by molar-refractivity contribution is 7.90. The normalized spacial score (nSPS) is 22.2. The van der Waals surface area contributed by atoms with Crippen LogP contribution in [0.4, 0.5) is 5.82 Å². The van der Waals surface area contributed by atoms with E-state index in [1.807, 2.05) is 6.07 Å². The van der Waals surface area contributed by atoms with E-state index < -0.39 is 9.84 Å². The molecule has 124 valence electrons. The summed E-state index contributed by atoms with van der Waals surface area (Å²) in [4.78, 5) is 8.71. The summed E-state index contributed by atoms with van der Waals surface area (Å²) in [6.07, 6.45) is 6.79. The third kappa shape index (κ3) is 4.19. The van der Waals surface area contributed by atoms with E-state index in [9.17, 15) is 8.42 Å². The zero-order valence-electron chi connectivity index (χ0n) is 13.6. The first-order chi connectivity index (χ1) is 10.9. The Kier molecular flexibility index (Phi) is 4.53. The van der Waals surface area contributed by atoms with Gasteiger partial charge in [0.25, 0.3) is 0 Å². The highest BCUT2D eigenvalue weighted by atomic mass is 32.2. The second kappa shape index (κ2) is 6.43. The van der Waals surface area contributed by atoms with Crippen LogP contribution in [-0.4, -0.2) is 36.4 Å². The van der Waals surface area contributed by atoms with Crippen LogP contribution in [0.1, 0.15) is 31.2 Å². The van der Waals surface area contributed by atoms with Gasteiger partial charge >= 0.3 is 0 Å². The Morgan fingerprint density at radius 3 is 2.61 bits per heavy atom. The lowest BCUT2D eigenvalue weighted by Crippen LogP contribution is -2.29. The summed E-state index contributed by atoms with van der Waals surface area (Å²) in [5.74, 6) is 1.49. The lowest BCUT2D eigenvalue weighted by Gasteiger charge is -2.29. The zero-order chi connectivity index (χ0) is 16.4. The van der Waals surface area contributed by atoms with E-state index in [-0.39, 0.29) is 0 Å². The average molecular weight is 333 g/mol. The Balaban J connectivity index is 1.68. The maximum atomic E-state index is 11.4. The summed E-state index contributed by atoms with van der Waals surface area (Å²) in [6.45, 7) is 2.06. The fourth-order valence-electron chi connectivity index (χ4n) is 3.38. The van der Waals surface area contributed by atoms with Gasteiger partial charge < -0.3 is 5.32 Å². The molecule has 3 rings (SSSR count). The molecule has 23 heavy (non-hydrogen) atoms. The molecule has 0 atom stereocenters. The third-order valence-corrected chi connectivity index (χ3v) is 5.59. The average Bonchev–Trinajstić information content (AvgIpc) is 2.48. The minimum Gasteiger partial charge on any atom is -0.367 e. The van der Waals surface area contributed by atoms with Crippen molar-refractivity contribution in [3.05, 3.63) is 30.1 Å². The lowest BCUT2D eigenvalue weighted by molar-refractivity contribution is 0.361. The highest BCUT2D eigenvalue weighted by Crippen LogP contribution is 2.29. The first-order valence-corrected chi connectivity index (χ1v) is 10.1. The Bertz CT molecular complexity index is 797. The molecule has 0 bridgehead atoms. The van der Waals surface area contributed by atoms with Gasteiger partial charge in [-0.1, -0.05) is 11.6 Å². The predicted molar refractivity (Wildman–Crippen MR) is 93.4 cm³/mol. The maximum absolute atomic E-state index is 11.4. The van der Waals surface area contributed by atoms with Gasteiger partial charge in [0.2, 0.25) is 0 Å². The number of hydrogen-bond acceptors (Lipinski definition) is 5. The molecule has 1 fully saturated rings. The molecular formula is C17H23N3O2S. The van der Waals surface area contributed by atoms with Gasteiger partial charge in [0.1, 0.15) is 22.0 Å². The predicted octanol–water partition coefficient (Wildman–Crippen LogP) is 2.95. The monoisotopic (exact) mass is 333 g/mol. The molecule has 0 spiro atoms. The van der Waals surface area contributed by atoms with Crippen LogP contribution >= 0.6 is 0 Å². The molecule has 1 aliphatic carbocycles. The Morgan fingerprint density at radius 1 is 1.17 bits per heavy atom. The summed E-state index contributed by atoms with van der Waals surface area (Å²) in [5, 5.41) is 4.58. The summed E-state index contributed by atoms with van der Waals surface area (Å²) in [6, 6.07) is 6.52. The van der Waals surface area contributed by atoms with Gasteiger partial charge in [-0.3, -0.25) is 0 Å². The van der Waals surface area contributed by atoms with Crippen molar-refractivity contribution in [3.8, 4) is 0 Å². The van der Waals surface area contributed by atoms with Gasteiger partial charge in [0, 0.05) is 17.7 Å². The van der Waals surface area contributed by atoms with Gasteiger partial charge in [0.05, 0.1) is 11.3 Å². The number of nitrogens with one attached hydrogen (secondary N) is 1. The largest absolute Gasteiger partial charge is 0.367 e. The molecule has 0 saturated heterocycles. The van der Waals surface area contributed by atoms with Gasteiger partial charge in [-0.05, 0) is 50.7 Å². The molecule has 0 aliphatic heterocycles. The topological polar surface area (TPSA) is 72.0 Å². The number of benzene rings is 1. The third-order valence-electron chi connectivity index (χ3n) is 4.52. The first-order valence-electron chi connectivity index (χ1n) is 8.06. The molecule has 1 aromatic heterocycles. The Hall–Kier alpha value is -1.69. The summed E-state index contributed by atoms with van der Waals surface area (Å²) in [7, 11) is -2.87. The van der Waals surface area contributed by atoms with E-state index >= 15 is 0 Å². The van der Waals surface area contributed by atoms with E-state index in [1.54, 1.807) is 6.33 Å². The molecule has 1 aliphatic rings. The van der Waals surface area contributed by atoms with E-state index in [0.717, 1.165) is 42.4 Å². The molecule has 2 aromatic rings. The maximum Gasteiger partial charge on any atom is 0.147 e. The SMILES string of the molecule is Cc1ccc2ncnc(NC3CCC(CS(C)(=O)=O)CC3)c2c1. The molecule has 1 saturated carbocycles. The quantitative estimate of drug-likeness (QED) is 0.931. The van der Waals surface area contributed by atoms with Crippen LogP contribution < -0.4 is 5.32 Å². The van der Waals surface area contributed by atoms with Gasteiger partial charge in [-0.2, -0.15) is 0 Å². The van der Waals surface area contributed by atoms with E-state index in [0.29, 0.717) is 17.7 Å². The second-order valence-corrected chi connectivity index (χ2v) is 8.88. The van der Waals surface area contributed by atoms with Crippen LogP contribution in [0.5, 0.6) is 0 Å². The number of anilines is 1. The Morgan fingerprint density at radius 2 is 1.91 bits per heavy atom.